The van der Waals surface area contributed by atoms with Gasteiger partial charge in [-0.15, -0.1) is 0 Å². The molecule has 1 atom stereocenters. The minimum absolute atomic E-state index is 0.0510. The van der Waals surface area contributed by atoms with E-state index in [1.54, 1.807) is 6.92 Å². The molecular formula is C20H20F4N2O3. The number of benzene rings is 1. The van der Waals surface area contributed by atoms with Crippen molar-refractivity contribution in [3.05, 3.63) is 57.7 Å². The number of halogens is 4. The summed E-state index contributed by atoms with van der Waals surface area (Å²) in [6.45, 7) is 3.20. The number of carbonyl (C=O) groups is 1. The SMILES string of the molecule is CCCOC(=O)C1=C(COC)NC(C)=C(C#N)C1c1ccc(F)cc1C(F)(F)F. The van der Waals surface area contributed by atoms with E-state index in [1.165, 1.54) is 14.0 Å². The van der Waals surface area contributed by atoms with Crippen molar-refractivity contribution in [2.45, 2.75) is 32.4 Å². The lowest BCUT2D eigenvalue weighted by Crippen LogP contribution is -2.32. The molecule has 156 valence electrons. The molecule has 1 unspecified atom stereocenters. The van der Waals surface area contributed by atoms with Gasteiger partial charge in [0.1, 0.15) is 5.82 Å². The second kappa shape index (κ2) is 9.09. The van der Waals surface area contributed by atoms with Gasteiger partial charge >= 0.3 is 12.1 Å². The highest BCUT2D eigenvalue weighted by Gasteiger charge is 2.42. The third kappa shape index (κ3) is 4.77. The fraction of sp³-hybridized carbons (Fsp3) is 0.400. The topological polar surface area (TPSA) is 71.3 Å². The Morgan fingerprint density at radius 2 is 2.03 bits per heavy atom. The Morgan fingerprint density at radius 3 is 2.59 bits per heavy atom. The van der Waals surface area contributed by atoms with E-state index in [0.29, 0.717) is 12.5 Å². The van der Waals surface area contributed by atoms with Crippen LogP contribution in [0, 0.1) is 17.1 Å². The molecule has 1 N–H and O–H groups in total. The number of alkyl halides is 3. The number of allylic oxidation sites excluding steroid dienone is 2. The van der Waals surface area contributed by atoms with Gasteiger partial charge in [0.25, 0.3) is 0 Å². The summed E-state index contributed by atoms with van der Waals surface area (Å²) in [5, 5.41) is 12.5. The van der Waals surface area contributed by atoms with Gasteiger partial charge in [0.15, 0.2) is 0 Å². The summed E-state index contributed by atoms with van der Waals surface area (Å²) in [5.74, 6) is -3.33. The monoisotopic (exact) mass is 412 g/mol. The predicted molar refractivity (Wildman–Crippen MR) is 95.7 cm³/mol. The Balaban J connectivity index is 2.79. The summed E-state index contributed by atoms with van der Waals surface area (Å²) in [5.41, 5.74) is -1.47. The molecule has 0 aromatic heterocycles. The van der Waals surface area contributed by atoms with E-state index in [-0.39, 0.29) is 35.8 Å². The molecule has 2 rings (SSSR count). The van der Waals surface area contributed by atoms with Crippen LogP contribution in [0.5, 0.6) is 0 Å². The second-order valence-electron chi connectivity index (χ2n) is 6.40. The smallest absolute Gasteiger partial charge is 0.416 e. The zero-order valence-electron chi connectivity index (χ0n) is 16.1. The van der Waals surface area contributed by atoms with Crippen LogP contribution in [0.15, 0.2) is 40.7 Å². The molecule has 29 heavy (non-hydrogen) atoms. The van der Waals surface area contributed by atoms with Crippen molar-refractivity contribution < 1.29 is 31.8 Å². The van der Waals surface area contributed by atoms with Crippen LogP contribution in [-0.4, -0.2) is 26.3 Å². The lowest BCUT2D eigenvalue weighted by Gasteiger charge is -2.31. The standard InChI is InChI=1S/C20H20F4N2O3/c1-4-7-29-19(27)18-16(10-28-3)26-11(2)14(9-25)17(18)13-6-5-12(21)8-15(13)20(22,23)24/h5-6,8,17,26H,4,7,10H2,1-3H3. The highest BCUT2D eigenvalue weighted by Crippen LogP contribution is 2.44. The normalized spacial score (nSPS) is 17.1. The average molecular weight is 412 g/mol. The first kappa shape index (κ1) is 22.4. The molecule has 1 aromatic carbocycles. The van der Waals surface area contributed by atoms with Gasteiger partial charge in [-0.3, -0.25) is 0 Å². The first-order valence-electron chi connectivity index (χ1n) is 8.79. The number of hydrogen-bond acceptors (Lipinski definition) is 5. The number of methoxy groups -OCH3 is 1. The van der Waals surface area contributed by atoms with Gasteiger partial charge in [-0.2, -0.15) is 18.4 Å². The van der Waals surface area contributed by atoms with Crippen LogP contribution in [0.25, 0.3) is 0 Å². The average Bonchev–Trinajstić information content (AvgIpc) is 2.65. The van der Waals surface area contributed by atoms with Crippen LogP contribution >= 0.6 is 0 Å². The largest absolute Gasteiger partial charge is 0.462 e. The summed E-state index contributed by atoms with van der Waals surface area (Å²) >= 11 is 0. The molecule has 1 aliphatic rings. The number of rotatable bonds is 6. The Kier molecular flexibility index (Phi) is 7.03. The Morgan fingerprint density at radius 1 is 1.34 bits per heavy atom. The van der Waals surface area contributed by atoms with Crippen LogP contribution in [0.2, 0.25) is 0 Å². The van der Waals surface area contributed by atoms with Crippen LogP contribution in [0.3, 0.4) is 0 Å². The van der Waals surface area contributed by atoms with Crippen LogP contribution in [0.1, 0.15) is 37.3 Å². The Hall–Kier alpha value is -2.86. The number of dihydropyridines is 1. The molecule has 0 saturated heterocycles. The molecule has 1 heterocycles. The van der Waals surface area contributed by atoms with Crippen molar-refractivity contribution in [1.82, 2.24) is 5.32 Å². The first-order valence-corrected chi connectivity index (χ1v) is 8.79. The third-order valence-electron chi connectivity index (χ3n) is 4.34. The van der Waals surface area contributed by atoms with Crippen molar-refractivity contribution in [2.24, 2.45) is 0 Å². The van der Waals surface area contributed by atoms with Gasteiger partial charge in [0.2, 0.25) is 0 Å². The van der Waals surface area contributed by atoms with Crippen molar-refractivity contribution in [2.75, 3.05) is 20.3 Å². The van der Waals surface area contributed by atoms with Gasteiger partial charge in [-0.05, 0) is 31.0 Å². The zero-order valence-corrected chi connectivity index (χ0v) is 16.1. The molecule has 5 nitrogen and oxygen atoms in total. The third-order valence-corrected chi connectivity index (χ3v) is 4.34. The van der Waals surface area contributed by atoms with E-state index in [2.05, 4.69) is 5.32 Å². The number of ether oxygens (including phenoxy) is 2. The lowest BCUT2D eigenvalue weighted by molar-refractivity contribution is -0.141. The summed E-state index contributed by atoms with van der Waals surface area (Å²) in [6, 6.07) is 4.03. The maximum absolute atomic E-state index is 13.6. The zero-order chi connectivity index (χ0) is 21.8. The van der Waals surface area contributed by atoms with Crippen LogP contribution in [-0.2, 0) is 20.4 Å². The number of nitrogens with one attached hydrogen (secondary N) is 1. The van der Waals surface area contributed by atoms with Gasteiger partial charge in [0.05, 0.1) is 47.6 Å². The van der Waals surface area contributed by atoms with E-state index >= 15 is 0 Å². The van der Waals surface area contributed by atoms with Crippen molar-refractivity contribution >= 4 is 5.97 Å². The maximum atomic E-state index is 13.6. The van der Waals surface area contributed by atoms with Crippen molar-refractivity contribution in [1.29, 1.82) is 5.26 Å². The van der Waals surface area contributed by atoms with E-state index in [4.69, 9.17) is 9.47 Å². The second-order valence-corrected chi connectivity index (χ2v) is 6.40. The van der Waals surface area contributed by atoms with Crippen molar-refractivity contribution in [3.63, 3.8) is 0 Å². The molecule has 0 radical (unpaired) electrons. The molecule has 9 heteroatoms. The quantitative estimate of drug-likeness (QED) is 0.561. The van der Waals surface area contributed by atoms with E-state index in [1.807, 2.05) is 6.07 Å². The van der Waals surface area contributed by atoms with Crippen LogP contribution < -0.4 is 5.32 Å². The Bertz CT molecular complexity index is 898. The summed E-state index contributed by atoms with van der Waals surface area (Å²) < 4.78 is 64.8. The van der Waals surface area contributed by atoms with Gasteiger partial charge in [-0.1, -0.05) is 13.0 Å². The fourth-order valence-corrected chi connectivity index (χ4v) is 3.15. The first-order chi connectivity index (χ1) is 13.6. The summed E-state index contributed by atoms with van der Waals surface area (Å²) in [7, 11) is 1.36. The molecule has 0 aliphatic carbocycles. The maximum Gasteiger partial charge on any atom is 0.416 e. The van der Waals surface area contributed by atoms with E-state index in [9.17, 15) is 27.6 Å². The number of carbonyl (C=O) groups excluding carboxylic acids is 1. The minimum atomic E-state index is -4.89. The molecule has 0 saturated carbocycles. The van der Waals surface area contributed by atoms with Crippen LogP contribution in [0.4, 0.5) is 17.6 Å². The minimum Gasteiger partial charge on any atom is -0.462 e. The molecule has 1 aromatic rings. The number of esters is 1. The number of nitrogens with zero attached hydrogens (tertiary/aromatic N) is 1. The predicted octanol–water partition coefficient (Wildman–Crippen LogP) is 4.18. The van der Waals surface area contributed by atoms with E-state index < -0.39 is 35.0 Å². The lowest BCUT2D eigenvalue weighted by atomic mass is 9.79. The van der Waals surface area contributed by atoms with Gasteiger partial charge in [0, 0.05) is 12.8 Å². The van der Waals surface area contributed by atoms with Gasteiger partial charge < -0.3 is 14.8 Å². The number of nitriles is 1. The molecule has 0 amide bonds. The Labute approximate surface area is 165 Å². The fourth-order valence-electron chi connectivity index (χ4n) is 3.15. The molecular weight excluding hydrogens is 392 g/mol. The molecule has 0 bridgehead atoms. The van der Waals surface area contributed by atoms with Gasteiger partial charge in [-0.25, -0.2) is 9.18 Å². The highest BCUT2D eigenvalue weighted by atomic mass is 19.4. The molecule has 0 fully saturated rings. The van der Waals surface area contributed by atoms with Crippen molar-refractivity contribution in [3.8, 4) is 6.07 Å². The molecule has 0 spiro atoms. The summed E-state index contributed by atoms with van der Waals surface area (Å²) in [4.78, 5) is 12.8. The summed E-state index contributed by atoms with van der Waals surface area (Å²) in [6.07, 6.45) is -4.39. The number of hydrogen-bond donors (Lipinski definition) is 1. The highest BCUT2D eigenvalue weighted by molar-refractivity contribution is 5.93. The van der Waals surface area contributed by atoms with E-state index in [0.717, 1.165) is 12.1 Å². The molecule has 1 aliphatic heterocycles.